The summed E-state index contributed by atoms with van der Waals surface area (Å²) in [7, 11) is 0. The fraction of sp³-hybridized carbons (Fsp3) is 0.684. The molecule has 0 aromatic rings. The van der Waals surface area contributed by atoms with Crippen molar-refractivity contribution < 1.29 is 0 Å². The van der Waals surface area contributed by atoms with Crippen molar-refractivity contribution in [3.63, 3.8) is 0 Å². The molecular formula is C19H30. The van der Waals surface area contributed by atoms with Crippen LogP contribution in [0.25, 0.3) is 0 Å². The maximum absolute atomic E-state index is 4.00. The lowest BCUT2D eigenvalue weighted by Crippen LogP contribution is -2.18. The average Bonchev–Trinajstić information content (AvgIpc) is 2.72. The first-order chi connectivity index (χ1) is 9.33. The summed E-state index contributed by atoms with van der Waals surface area (Å²) in [6.07, 6.45) is 16.4. The van der Waals surface area contributed by atoms with Crippen molar-refractivity contribution in [2.75, 3.05) is 0 Å². The molecule has 0 bridgehead atoms. The molecule has 0 spiro atoms. The molecule has 2 aliphatic rings. The second-order valence-electron chi connectivity index (χ2n) is 6.33. The summed E-state index contributed by atoms with van der Waals surface area (Å²) in [5.74, 6) is 2.49. The van der Waals surface area contributed by atoms with Crippen molar-refractivity contribution in [3.8, 4) is 0 Å². The maximum atomic E-state index is 4.00. The predicted molar refractivity (Wildman–Crippen MR) is 85.1 cm³/mol. The first kappa shape index (κ1) is 14.6. The van der Waals surface area contributed by atoms with Crippen LogP contribution in [0.3, 0.4) is 0 Å². The summed E-state index contributed by atoms with van der Waals surface area (Å²) < 4.78 is 0. The van der Waals surface area contributed by atoms with Gasteiger partial charge in [0.1, 0.15) is 0 Å². The van der Waals surface area contributed by atoms with E-state index >= 15 is 0 Å². The largest absolute Gasteiger partial charge is 0.103 e. The van der Waals surface area contributed by atoms with E-state index in [2.05, 4.69) is 32.2 Å². The normalized spacial score (nSPS) is 30.3. The summed E-state index contributed by atoms with van der Waals surface area (Å²) in [5, 5.41) is 0. The third-order valence-electron chi connectivity index (χ3n) is 5.22. The Morgan fingerprint density at radius 1 is 1.00 bits per heavy atom. The molecule has 0 heteroatoms. The number of allylic oxidation sites excluding steroid dienone is 4. The number of unbranched alkanes of at least 4 members (excludes halogenated alkanes) is 1. The fourth-order valence-electron chi connectivity index (χ4n) is 4.43. The van der Waals surface area contributed by atoms with E-state index in [1.165, 1.54) is 57.8 Å². The van der Waals surface area contributed by atoms with Crippen LogP contribution in [0.15, 0.2) is 36.5 Å². The Labute approximate surface area is 119 Å². The Balaban J connectivity index is 2.22. The zero-order valence-corrected chi connectivity index (χ0v) is 12.7. The van der Waals surface area contributed by atoms with Gasteiger partial charge < -0.3 is 0 Å². The second kappa shape index (κ2) is 7.12. The van der Waals surface area contributed by atoms with E-state index in [4.69, 9.17) is 0 Å². The van der Waals surface area contributed by atoms with Crippen molar-refractivity contribution in [2.45, 2.75) is 64.7 Å². The van der Waals surface area contributed by atoms with Gasteiger partial charge in [-0.25, -0.2) is 0 Å². The third-order valence-corrected chi connectivity index (χ3v) is 5.22. The molecule has 0 aliphatic heterocycles. The molecule has 3 atom stereocenters. The molecule has 0 heterocycles. The van der Waals surface area contributed by atoms with Crippen molar-refractivity contribution >= 4 is 0 Å². The Kier molecular flexibility index (Phi) is 5.48. The summed E-state index contributed by atoms with van der Waals surface area (Å²) in [4.78, 5) is 0. The highest BCUT2D eigenvalue weighted by Crippen LogP contribution is 2.52. The van der Waals surface area contributed by atoms with Crippen molar-refractivity contribution in [2.24, 2.45) is 17.8 Å². The summed E-state index contributed by atoms with van der Waals surface area (Å²) >= 11 is 0. The van der Waals surface area contributed by atoms with E-state index in [9.17, 15) is 0 Å². The number of hydrogen-bond acceptors (Lipinski definition) is 0. The predicted octanol–water partition coefficient (Wildman–Crippen LogP) is 6.06. The zero-order valence-electron chi connectivity index (χ0n) is 12.7. The molecule has 0 amide bonds. The molecule has 2 aliphatic carbocycles. The van der Waals surface area contributed by atoms with E-state index in [1.54, 1.807) is 0 Å². The van der Waals surface area contributed by atoms with Gasteiger partial charge in [-0.3, -0.25) is 0 Å². The van der Waals surface area contributed by atoms with Crippen LogP contribution in [0.1, 0.15) is 64.7 Å². The molecule has 2 rings (SSSR count). The molecule has 0 N–H and O–H groups in total. The second-order valence-corrected chi connectivity index (χ2v) is 6.33. The molecule has 19 heavy (non-hydrogen) atoms. The molecular weight excluding hydrogens is 228 g/mol. The summed E-state index contributed by atoms with van der Waals surface area (Å²) in [6, 6.07) is 0. The minimum atomic E-state index is 0.810. The van der Waals surface area contributed by atoms with E-state index in [0.29, 0.717) is 0 Å². The molecule has 106 valence electrons. The van der Waals surface area contributed by atoms with Gasteiger partial charge in [-0.1, -0.05) is 43.1 Å². The average molecular weight is 258 g/mol. The monoisotopic (exact) mass is 258 g/mol. The zero-order chi connectivity index (χ0) is 13.7. The van der Waals surface area contributed by atoms with Gasteiger partial charge in [-0.2, -0.15) is 0 Å². The van der Waals surface area contributed by atoms with Crippen LogP contribution in [-0.4, -0.2) is 0 Å². The summed E-state index contributed by atoms with van der Waals surface area (Å²) in [5.41, 5.74) is 3.67. The lowest BCUT2D eigenvalue weighted by atomic mass is 9.78. The highest BCUT2D eigenvalue weighted by atomic mass is 14.4. The van der Waals surface area contributed by atoms with Gasteiger partial charge in [0.2, 0.25) is 0 Å². The van der Waals surface area contributed by atoms with Crippen LogP contribution in [0.4, 0.5) is 0 Å². The summed E-state index contributed by atoms with van der Waals surface area (Å²) in [6.45, 7) is 10.3. The molecule has 0 fully saturated rings. The lowest BCUT2D eigenvalue weighted by Gasteiger charge is -2.26. The Bertz CT molecular complexity index is 317. The van der Waals surface area contributed by atoms with Gasteiger partial charge >= 0.3 is 0 Å². The minimum absolute atomic E-state index is 0.810. The third kappa shape index (κ3) is 3.04. The highest BCUT2D eigenvalue weighted by molar-refractivity contribution is 5.31. The molecule has 0 radical (unpaired) electrons. The van der Waals surface area contributed by atoms with Gasteiger partial charge in [0.25, 0.3) is 0 Å². The topological polar surface area (TPSA) is 0 Å². The SMILES string of the molecule is C=CC[C@@H]1C2=C(CCCC2)[C@H](CC=C)C1CCCC. The standard InChI is InChI=1S/C19H30/c1-4-7-12-17-15(10-5-2)18-13-8-9-14-19(18)16(17)11-6-3/h5-6,15-17H,2-4,7-14H2,1H3/t15-,16+,17?. The van der Waals surface area contributed by atoms with Crippen molar-refractivity contribution in [1.82, 2.24) is 0 Å². The molecule has 1 unspecified atom stereocenters. The number of hydrogen-bond donors (Lipinski definition) is 0. The van der Waals surface area contributed by atoms with Crippen LogP contribution in [0.5, 0.6) is 0 Å². The molecule has 0 saturated heterocycles. The minimum Gasteiger partial charge on any atom is -0.103 e. The van der Waals surface area contributed by atoms with Gasteiger partial charge in [0, 0.05) is 0 Å². The van der Waals surface area contributed by atoms with Gasteiger partial charge in [-0.05, 0) is 62.7 Å². The lowest BCUT2D eigenvalue weighted by molar-refractivity contribution is 0.292. The van der Waals surface area contributed by atoms with Crippen LogP contribution in [0.2, 0.25) is 0 Å². The van der Waals surface area contributed by atoms with E-state index < -0.39 is 0 Å². The molecule has 0 aromatic carbocycles. The van der Waals surface area contributed by atoms with Crippen LogP contribution >= 0.6 is 0 Å². The van der Waals surface area contributed by atoms with Crippen LogP contribution in [-0.2, 0) is 0 Å². The maximum Gasteiger partial charge on any atom is -0.0132 e. The van der Waals surface area contributed by atoms with Crippen molar-refractivity contribution in [1.29, 1.82) is 0 Å². The Morgan fingerprint density at radius 3 is 1.95 bits per heavy atom. The van der Waals surface area contributed by atoms with E-state index in [0.717, 1.165) is 17.8 Å². The van der Waals surface area contributed by atoms with E-state index in [1.807, 2.05) is 11.1 Å². The first-order valence-electron chi connectivity index (χ1n) is 8.27. The van der Waals surface area contributed by atoms with Gasteiger partial charge in [0.05, 0.1) is 0 Å². The van der Waals surface area contributed by atoms with Crippen LogP contribution in [0, 0.1) is 17.8 Å². The van der Waals surface area contributed by atoms with E-state index in [-0.39, 0.29) is 0 Å². The van der Waals surface area contributed by atoms with Gasteiger partial charge in [-0.15, -0.1) is 13.2 Å². The Morgan fingerprint density at radius 2 is 1.53 bits per heavy atom. The quantitative estimate of drug-likeness (QED) is 0.487. The number of rotatable bonds is 7. The Hall–Kier alpha value is -0.780. The fourth-order valence-corrected chi connectivity index (χ4v) is 4.43. The van der Waals surface area contributed by atoms with Crippen LogP contribution < -0.4 is 0 Å². The highest BCUT2D eigenvalue weighted by Gasteiger charge is 2.40. The molecule has 0 aromatic heterocycles. The molecule has 0 saturated carbocycles. The smallest absolute Gasteiger partial charge is 0.0132 e. The first-order valence-corrected chi connectivity index (χ1v) is 8.27. The van der Waals surface area contributed by atoms with Gasteiger partial charge in [0.15, 0.2) is 0 Å². The molecule has 0 nitrogen and oxygen atoms in total. The van der Waals surface area contributed by atoms with Crippen molar-refractivity contribution in [3.05, 3.63) is 36.5 Å².